The van der Waals surface area contributed by atoms with E-state index in [1.54, 1.807) is 0 Å². The summed E-state index contributed by atoms with van der Waals surface area (Å²) in [5, 5.41) is 3.17. The van der Waals surface area contributed by atoms with Crippen LogP contribution >= 0.6 is 11.8 Å². The van der Waals surface area contributed by atoms with E-state index in [9.17, 15) is 8.78 Å². The first kappa shape index (κ1) is 15.0. The maximum atomic E-state index is 13.6. The second-order valence-corrected chi connectivity index (χ2v) is 5.62. The van der Waals surface area contributed by atoms with Crippen LogP contribution in [0.15, 0.2) is 47.4 Å². The molecule has 2 aromatic rings. The first-order chi connectivity index (χ1) is 9.61. The van der Waals surface area contributed by atoms with Gasteiger partial charge in [-0.3, -0.25) is 0 Å². The van der Waals surface area contributed by atoms with E-state index in [0.717, 1.165) is 10.5 Å². The Labute approximate surface area is 122 Å². The van der Waals surface area contributed by atoms with Crippen molar-refractivity contribution >= 4 is 11.8 Å². The summed E-state index contributed by atoms with van der Waals surface area (Å²) in [7, 11) is 1.90. The molecular weight excluding hydrogens is 276 g/mol. The fourth-order valence-electron chi connectivity index (χ4n) is 1.87. The Morgan fingerprint density at radius 3 is 2.40 bits per heavy atom. The SMILES string of the molecule is CNC(C)c1cccc(SCc2c(F)cccc2F)c1. The molecule has 2 aromatic carbocycles. The van der Waals surface area contributed by atoms with Gasteiger partial charge in [-0.2, -0.15) is 0 Å². The molecule has 20 heavy (non-hydrogen) atoms. The molecule has 4 heteroatoms. The van der Waals surface area contributed by atoms with Crippen molar-refractivity contribution in [1.29, 1.82) is 0 Å². The van der Waals surface area contributed by atoms with Crippen molar-refractivity contribution in [2.75, 3.05) is 7.05 Å². The van der Waals surface area contributed by atoms with Crippen LogP contribution in [0.1, 0.15) is 24.1 Å². The van der Waals surface area contributed by atoms with Crippen LogP contribution in [-0.4, -0.2) is 7.05 Å². The highest BCUT2D eigenvalue weighted by Gasteiger charge is 2.09. The Morgan fingerprint density at radius 1 is 1.10 bits per heavy atom. The van der Waals surface area contributed by atoms with Gasteiger partial charge in [0.05, 0.1) is 0 Å². The van der Waals surface area contributed by atoms with Crippen LogP contribution in [0.4, 0.5) is 8.78 Å². The standard InChI is InChI=1S/C16H17F2NS/c1-11(19-2)12-5-3-6-13(9-12)20-10-14-15(17)7-4-8-16(14)18/h3-9,11,19H,10H2,1-2H3. The van der Waals surface area contributed by atoms with Crippen LogP contribution < -0.4 is 5.32 Å². The van der Waals surface area contributed by atoms with E-state index < -0.39 is 11.6 Å². The maximum absolute atomic E-state index is 13.6. The molecule has 106 valence electrons. The van der Waals surface area contributed by atoms with Gasteiger partial charge < -0.3 is 5.32 Å². The minimum absolute atomic E-state index is 0.129. The normalized spacial score (nSPS) is 12.4. The summed E-state index contributed by atoms with van der Waals surface area (Å²) in [6, 6.07) is 12.2. The van der Waals surface area contributed by atoms with E-state index in [1.165, 1.54) is 30.0 Å². The van der Waals surface area contributed by atoms with Crippen molar-refractivity contribution in [1.82, 2.24) is 5.32 Å². The zero-order chi connectivity index (χ0) is 14.5. The van der Waals surface area contributed by atoms with Gasteiger partial charge in [-0.25, -0.2) is 8.78 Å². The number of thioether (sulfide) groups is 1. The van der Waals surface area contributed by atoms with Crippen molar-refractivity contribution < 1.29 is 8.78 Å². The molecule has 0 aromatic heterocycles. The van der Waals surface area contributed by atoms with Crippen LogP contribution in [-0.2, 0) is 5.75 Å². The number of nitrogens with one attached hydrogen (secondary N) is 1. The zero-order valence-corrected chi connectivity index (χ0v) is 12.3. The summed E-state index contributed by atoms with van der Waals surface area (Å²) < 4.78 is 27.1. The van der Waals surface area contributed by atoms with E-state index in [1.807, 2.05) is 31.3 Å². The smallest absolute Gasteiger partial charge is 0.130 e. The minimum atomic E-state index is -0.489. The van der Waals surface area contributed by atoms with E-state index in [-0.39, 0.29) is 17.4 Å². The Hall–Kier alpha value is -1.39. The molecule has 1 N–H and O–H groups in total. The highest BCUT2D eigenvalue weighted by Crippen LogP contribution is 2.27. The van der Waals surface area contributed by atoms with E-state index in [4.69, 9.17) is 0 Å². The molecule has 0 aliphatic carbocycles. The Kier molecular flexibility index (Phi) is 5.15. The lowest BCUT2D eigenvalue weighted by atomic mass is 10.1. The molecule has 0 amide bonds. The van der Waals surface area contributed by atoms with Crippen LogP contribution in [0.3, 0.4) is 0 Å². The third-order valence-electron chi connectivity index (χ3n) is 3.24. The average molecular weight is 293 g/mol. The first-order valence-corrected chi connectivity index (χ1v) is 7.43. The second kappa shape index (κ2) is 6.86. The number of rotatable bonds is 5. The van der Waals surface area contributed by atoms with Gasteiger partial charge in [0.1, 0.15) is 11.6 Å². The van der Waals surface area contributed by atoms with Crippen LogP contribution in [0.5, 0.6) is 0 Å². The van der Waals surface area contributed by atoms with Crippen molar-refractivity contribution in [3.8, 4) is 0 Å². The summed E-state index contributed by atoms with van der Waals surface area (Å²) in [4.78, 5) is 1.01. The van der Waals surface area contributed by atoms with Crippen molar-refractivity contribution in [2.24, 2.45) is 0 Å². The lowest BCUT2D eigenvalue weighted by molar-refractivity contribution is 0.566. The fraction of sp³-hybridized carbons (Fsp3) is 0.250. The topological polar surface area (TPSA) is 12.0 Å². The summed E-state index contributed by atoms with van der Waals surface area (Å²) in [6.07, 6.45) is 0. The zero-order valence-electron chi connectivity index (χ0n) is 11.5. The Balaban J connectivity index is 2.11. The Morgan fingerprint density at radius 2 is 1.75 bits per heavy atom. The summed E-state index contributed by atoms with van der Waals surface area (Å²) in [5.41, 5.74) is 1.29. The highest BCUT2D eigenvalue weighted by molar-refractivity contribution is 7.98. The highest BCUT2D eigenvalue weighted by atomic mass is 32.2. The first-order valence-electron chi connectivity index (χ1n) is 6.44. The van der Waals surface area contributed by atoms with Crippen LogP contribution in [0, 0.1) is 11.6 Å². The van der Waals surface area contributed by atoms with E-state index in [2.05, 4.69) is 12.2 Å². The molecule has 0 bridgehead atoms. The summed E-state index contributed by atoms with van der Waals surface area (Å²) in [5.74, 6) is -0.690. The van der Waals surface area contributed by atoms with Gasteiger partial charge in [-0.05, 0) is 43.8 Å². The predicted molar refractivity (Wildman–Crippen MR) is 79.8 cm³/mol. The largest absolute Gasteiger partial charge is 0.313 e. The molecule has 0 aliphatic heterocycles. The summed E-state index contributed by atoms with van der Waals surface area (Å²) in [6.45, 7) is 2.07. The van der Waals surface area contributed by atoms with Gasteiger partial charge in [0.25, 0.3) is 0 Å². The quantitative estimate of drug-likeness (QED) is 0.812. The van der Waals surface area contributed by atoms with Crippen molar-refractivity contribution in [3.63, 3.8) is 0 Å². The predicted octanol–water partition coefficient (Wildman–Crippen LogP) is 4.54. The second-order valence-electron chi connectivity index (χ2n) is 4.57. The third kappa shape index (κ3) is 3.58. The lowest BCUT2D eigenvalue weighted by Crippen LogP contribution is -2.12. The molecule has 0 aliphatic rings. The van der Waals surface area contributed by atoms with Gasteiger partial charge in [0.15, 0.2) is 0 Å². The lowest BCUT2D eigenvalue weighted by Gasteiger charge is -2.12. The van der Waals surface area contributed by atoms with Crippen molar-refractivity contribution in [3.05, 3.63) is 65.2 Å². The summed E-state index contributed by atoms with van der Waals surface area (Å²) >= 11 is 1.44. The molecule has 0 radical (unpaired) electrons. The molecular formula is C16H17F2NS. The molecule has 0 heterocycles. The van der Waals surface area contributed by atoms with Crippen LogP contribution in [0.2, 0.25) is 0 Å². The maximum Gasteiger partial charge on any atom is 0.130 e. The van der Waals surface area contributed by atoms with E-state index >= 15 is 0 Å². The molecule has 2 rings (SSSR count). The molecule has 0 spiro atoms. The third-order valence-corrected chi connectivity index (χ3v) is 4.26. The van der Waals surface area contributed by atoms with Gasteiger partial charge in [0, 0.05) is 22.3 Å². The molecule has 0 saturated carbocycles. The van der Waals surface area contributed by atoms with E-state index in [0.29, 0.717) is 0 Å². The monoisotopic (exact) mass is 293 g/mol. The Bertz CT molecular complexity index is 566. The minimum Gasteiger partial charge on any atom is -0.313 e. The van der Waals surface area contributed by atoms with Gasteiger partial charge in [0.2, 0.25) is 0 Å². The fourth-order valence-corrected chi connectivity index (χ4v) is 2.85. The number of benzene rings is 2. The molecule has 0 saturated heterocycles. The van der Waals surface area contributed by atoms with Gasteiger partial charge >= 0.3 is 0 Å². The molecule has 1 unspecified atom stereocenters. The van der Waals surface area contributed by atoms with Crippen molar-refractivity contribution in [2.45, 2.75) is 23.6 Å². The number of hydrogen-bond donors (Lipinski definition) is 1. The van der Waals surface area contributed by atoms with Gasteiger partial charge in [-0.1, -0.05) is 18.2 Å². The molecule has 1 nitrogen and oxygen atoms in total. The number of hydrogen-bond acceptors (Lipinski definition) is 2. The molecule has 0 fully saturated rings. The number of halogens is 2. The van der Waals surface area contributed by atoms with Crippen LogP contribution in [0.25, 0.3) is 0 Å². The average Bonchev–Trinajstić information content (AvgIpc) is 2.46. The van der Waals surface area contributed by atoms with Gasteiger partial charge in [-0.15, -0.1) is 11.8 Å². The molecule has 1 atom stereocenters.